The third-order valence-corrected chi connectivity index (χ3v) is 8.75. The molecule has 3 fully saturated rings. The maximum absolute atomic E-state index is 13.4. The van der Waals surface area contributed by atoms with E-state index < -0.39 is 66.8 Å². The van der Waals surface area contributed by atoms with Gasteiger partial charge in [0.1, 0.15) is 24.4 Å². The summed E-state index contributed by atoms with van der Waals surface area (Å²) >= 11 is 0. The van der Waals surface area contributed by atoms with Gasteiger partial charge in [0.05, 0.1) is 39.5 Å². The van der Waals surface area contributed by atoms with E-state index >= 15 is 0 Å². The fourth-order valence-electron chi connectivity index (χ4n) is 6.74. The van der Waals surface area contributed by atoms with Crippen molar-refractivity contribution in [2.75, 3.05) is 34.2 Å². The standard InChI is InChI=1S/C29H32O13.Na.H/c1-11-36-9-20-27(40-11)24(31)25(32)29(41-20)42-26-14-7-17-16(38-10-39-17)6-13(14)21(22-15(26)8-37-28(22)33)12-4-18(34-2)23(30)19(5-12)35-3;;/h4-7,11,15,20-22,24-27,29-32H,8-10H2,1-3H3;;/t11-,15?,20-,21-,22+,24-,25-,26?,27-,29+;;/m1../s1. The van der Waals surface area contributed by atoms with Crippen molar-refractivity contribution in [2.45, 2.75) is 55.9 Å². The Morgan fingerprint density at radius 2 is 1.56 bits per heavy atom. The quantitative estimate of drug-likeness (QED) is 0.320. The molecule has 0 saturated carbocycles. The average Bonchev–Trinajstić information content (AvgIpc) is 3.61. The van der Waals surface area contributed by atoms with Gasteiger partial charge in [-0.2, -0.15) is 0 Å². The van der Waals surface area contributed by atoms with Crippen LogP contribution in [0.5, 0.6) is 28.7 Å². The van der Waals surface area contributed by atoms with Gasteiger partial charge in [0.15, 0.2) is 35.6 Å². The summed E-state index contributed by atoms with van der Waals surface area (Å²) < 4.78 is 51.5. The molecule has 0 spiro atoms. The van der Waals surface area contributed by atoms with E-state index in [1.54, 1.807) is 31.2 Å². The van der Waals surface area contributed by atoms with E-state index in [4.69, 9.17) is 42.6 Å². The number of hydrogen-bond donors (Lipinski definition) is 3. The summed E-state index contributed by atoms with van der Waals surface area (Å²) in [7, 11) is 2.86. The Morgan fingerprint density at radius 3 is 2.23 bits per heavy atom. The molecule has 5 aliphatic rings. The number of phenolic OH excluding ortho intramolecular Hbond substituents is 1. The van der Waals surface area contributed by atoms with Gasteiger partial charge in [0.25, 0.3) is 0 Å². The minimum absolute atomic E-state index is 0. The fraction of sp³-hybridized carbons (Fsp3) is 0.552. The molecule has 4 aliphatic heterocycles. The van der Waals surface area contributed by atoms with Gasteiger partial charge in [-0.05, 0) is 47.9 Å². The first-order chi connectivity index (χ1) is 20.3. The number of methoxy groups -OCH3 is 2. The third-order valence-electron chi connectivity index (χ3n) is 8.75. The van der Waals surface area contributed by atoms with Gasteiger partial charge in [-0.3, -0.25) is 4.79 Å². The summed E-state index contributed by atoms with van der Waals surface area (Å²) in [5, 5.41) is 32.5. The maximum atomic E-state index is 13.4. The molecule has 0 amide bonds. The van der Waals surface area contributed by atoms with Crippen LogP contribution in [-0.4, -0.2) is 122 Å². The second-order valence-electron chi connectivity index (χ2n) is 11.0. The number of aliphatic hydroxyl groups is 2. The van der Waals surface area contributed by atoms with Gasteiger partial charge in [-0.15, -0.1) is 0 Å². The average molecular weight is 613 g/mol. The molecular formula is C29H33NaO13. The molecule has 14 heteroatoms. The number of aliphatic hydroxyl groups excluding tert-OH is 2. The molecule has 4 heterocycles. The van der Waals surface area contributed by atoms with Gasteiger partial charge < -0.3 is 58.0 Å². The third kappa shape index (κ3) is 5.04. The second kappa shape index (κ2) is 11.9. The second-order valence-corrected chi connectivity index (χ2v) is 11.0. The molecular weight excluding hydrogens is 579 g/mol. The van der Waals surface area contributed by atoms with Crippen LogP contribution in [0.25, 0.3) is 0 Å². The first kappa shape index (κ1) is 30.7. The number of cyclic esters (lactones) is 1. The van der Waals surface area contributed by atoms with Gasteiger partial charge in [-0.1, -0.05) is 0 Å². The van der Waals surface area contributed by atoms with Crippen LogP contribution in [-0.2, 0) is 28.5 Å². The summed E-state index contributed by atoms with van der Waals surface area (Å²) in [5.41, 5.74) is 2.01. The molecule has 2 aromatic carbocycles. The van der Waals surface area contributed by atoms with Crippen molar-refractivity contribution < 1.29 is 62.7 Å². The topological polar surface area (TPSA) is 161 Å². The molecule has 2 unspecified atom stereocenters. The Labute approximate surface area is 269 Å². The zero-order valence-corrected chi connectivity index (χ0v) is 23.1. The number of benzene rings is 2. The Hall–Kier alpha value is -2.33. The molecule has 0 bridgehead atoms. The summed E-state index contributed by atoms with van der Waals surface area (Å²) in [6, 6.07) is 6.93. The molecule has 13 nitrogen and oxygen atoms in total. The molecule has 3 saturated heterocycles. The summed E-state index contributed by atoms with van der Waals surface area (Å²) in [6.45, 7) is 1.93. The number of phenols is 1. The van der Waals surface area contributed by atoms with Crippen molar-refractivity contribution in [3.8, 4) is 28.7 Å². The Balaban J connectivity index is 0.00000329. The van der Waals surface area contributed by atoms with Crippen LogP contribution in [0.2, 0.25) is 0 Å². The van der Waals surface area contributed by atoms with E-state index in [0.29, 0.717) is 28.2 Å². The van der Waals surface area contributed by atoms with E-state index in [-0.39, 0.29) is 66.8 Å². The van der Waals surface area contributed by atoms with Crippen molar-refractivity contribution in [2.24, 2.45) is 11.8 Å². The molecule has 0 radical (unpaired) electrons. The van der Waals surface area contributed by atoms with Crippen molar-refractivity contribution >= 4 is 35.5 Å². The number of fused-ring (bicyclic) bond motifs is 4. The molecule has 1 aliphatic carbocycles. The number of rotatable bonds is 5. The molecule has 7 rings (SSSR count). The van der Waals surface area contributed by atoms with Crippen LogP contribution < -0.4 is 18.9 Å². The number of hydrogen-bond acceptors (Lipinski definition) is 13. The molecule has 10 atom stereocenters. The van der Waals surface area contributed by atoms with Gasteiger partial charge in [0.2, 0.25) is 12.5 Å². The van der Waals surface area contributed by atoms with Crippen molar-refractivity contribution in [3.63, 3.8) is 0 Å². The number of ether oxygens (including phenoxy) is 9. The molecule has 3 N–H and O–H groups in total. The Kier molecular flexibility index (Phi) is 8.48. The van der Waals surface area contributed by atoms with Crippen LogP contribution in [0.15, 0.2) is 24.3 Å². The SMILES string of the molecule is COc1cc([C@@H]2c3cc4c(cc3C(O[C@@H]3O[C@@H]5CO[C@@H](C)O[C@H]5[C@H](O)[C@H]3O)C3COC(=O)[C@@H]32)OCO4)cc(OC)c1O.[NaH]. The van der Waals surface area contributed by atoms with Gasteiger partial charge >= 0.3 is 35.5 Å². The van der Waals surface area contributed by atoms with Gasteiger partial charge in [-0.25, -0.2) is 0 Å². The van der Waals surface area contributed by atoms with Crippen LogP contribution >= 0.6 is 0 Å². The summed E-state index contributed by atoms with van der Waals surface area (Å²) in [5.74, 6) is -1.02. The molecule has 0 aromatic heterocycles. The zero-order valence-electron chi connectivity index (χ0n) is 23.1. The Bertz CT molecular complexity index is 1360. The van der Waals surface area contributed by atoms with Crippen LogP contribution in [0.3, 0.4) is 0 Å². The van der Waals surface area contributed by atoms with E-state index in [0.717, 1.165) is 0 Å². The van der Waals surface area contributed by atoms with E-state index in [9.17, 15) is 20.1 Å². The number of esters is 1. The van der Waals surface area contributed by atoms with Crippen molar-refractivity contribution in [1.29, 1.82) is 0 Å². The van der Waals surface area contributed by atoms with Crippen molar-refractivity contribution in [1.82, 2.24) is 0 Å². The van der Waals surface area contributed by atoms with Crippen LogP contribution in [0.4, 0.5) is 0 Å². The number of aromatic hydroxyl groups is 1. The zero-order chi connectivity index (χ0) is 29.3. The van der Waals surface area contributed by atoms with Gasteiger partial charge in [0, 0.05) is 11.8 Å². The summed E-state index contributed by atoms with van der Waals surface area (Å²) in [4.78, 5) is 13.4. The van der Waals surface area contributed by atoms with Crippen molar-refractivity contribution in [3.05, 3.63) is 41.0 Å². The molecule has 43 heavy (non-hydrogen) atoms. The van der Waals surface area contributed by atoms with Crippen LogP contribution in [0.1, 0.15) is 35.6 Å². The van der Waals surface area contributed by atoms with Crippen LogP contribution in [0, 0.1) is 11.8 Å². The summed E-state index contributed by atoms with van der Waals surface area (Å²) in [6.07, 6.45) is -6.80. The van der Waals surface area contributed by atoms with E-state index in [2.05, 4.69) is 0 Å². The molecule has 228 valence electrons. The Morgan fingerprint density at radius 1 is 0.884 bits per heavy atom. The number of carbonyl (C=O) groups is 1. The minimum atomic E-state index is -1.44. The van der Waals surface area contributed by atoms with E-state index in [1.165, 1.54) is 14.2 Å². The predicted molar refractivity (Wildman–Crippen MR) is 145 cm³/mol. The normalized spacial score (nSPS) is 35.6. The predicted octanol–water partition coefficient (Wildman–Crippen LogP) is 0.690. The number of carbonyl (C=O) groups excluding carboxylic acids is 1. The first-order valence-corrected chi connectivity index (χ1v) is 13.8. The molecule has 2 aromatic rings. The first-order valence-electron chi connectivity index (χ1n) is 13.8. The fourth-order valence-corrected chi connectivity index (χ4v) is 6.74. The van der Waals surface area contributed by atoms with E-state index in [1.807, 2.05) is 0 Å². The monoisotopic (exact) mass is 612 g/mol.